The first-order chi connectivity index (χ1) is 13.6. The summed E-state index contributed by atoms with van der Waals surface area (Å²) in [6.45, 7) is 6.00. The zero-order valence-corrected chi connectivity index (χ0v) is 16.8. The van der Waals surface area contributed by atoms with E-state index in [1.165, 1.54) is 24.2 Å². The lowest BCUT2D eigenvalue weighted by Gasteiger charge is -2.18. The number of hydrogen-bond acceptors (Lipinski definition) is 6. The fourth-order valence-electron chi connectivity index (χ4n) is 3.25. The second-order valence-electron chi connectivity index (χ2n) is 7.00. The fraction of sp³-hybridized carbons (Fsp3) is 0.286. The van der Waals surface area contributed by atoms with Crippen LogP contribution in [-0.4, -0.2) is 29.0 Å². The van der Waals surface area contributed by atoms with Crippen LogP contribution in [0.5, 0.6) is 0 Å². The highest BCUT2D eigenvalue weighted by Crippen LogP contribution is 2.24. The Balaban J connectivity index is 1.43. The first-order valence-electron chi connectivity index (χ1n) is 9.41. The monoisotopic (exact) mass is 393 g/mol. The molecular weight excluding hydrogens is 370 g/mol. The van der Waals surface area contributed by atoms with Gasteiger partial charge >= 0.3 is 0 Å². The molecule has 4 rings (SSSR count). The van der Waals surface area contributed by atoms with Gasteiger partial charge in [-0.25, -0.2) is 9.97 Å². The topological polar surface area (TPSA) is 70.2 Å². The Morgan fingerprint density at radius 2 is 1.75 bits per heavy atom. The molecule has 0 saturated carbocycles. The van der Waals surface area contributed by atoms with Gasteiger partial charge in [-0.1, -0.05) is 0 Å². The van der Waals surface area contributed by atoms with Crippen LogP contribution in [0.4, 0.5) is 23.0 Å². The third kappa shape index (κ3) is 4.31. The molecule has 1 aliphatic rings. The normalized spacial score (nSPS) is 13.6. The van der Waals surface area contributed by atoms with Crippen LogP contribution in [0, 0.1) is 13.8 Å². The smallest absolute Gasteiger partial charge is 0.265 e. The number of nitrogens with one attached hydrogen (secondary N) is 2. The zero-order chi connectivity index (χ0) is 19.5. The van der Waals surface area contributed by atoms with Gasteiger partial charge in [0.1, 0.15) is 17.5 Å². The molecule has 7 heteroatoms. The Kier molecular flexibility index (Phi) is 5.25. The van der Waals surface area contributed by atoms with E-state index in [-0.39, 0.29) is 5.91 Å². The third-order valence-electron chi connectivity index (χ3n) is 4.62. The molecule has 28 heavy (non-hydrogen) atoms. The molecule has 0 spiro atoms. The largest absolute Gasteiger partial charge is 0.356 e. The summed E-state index contributed by atoms with van der Waals surface area (Å²) in [4.78, 5) is 24.3. The lowest BCUT2D eigenvalue weighted by atomic mass is 10.2. The van der Waals surface area contributed by atoms with E-state index >= 15 is 0 Å². The molecule has 3 heterocycles. The quantitative estimate of drug-likeness (QED) is 0.654. The molecule has 2 N–H and O–H groups in total. The number of aromatic nitrogens is 2. The van der Waals surface area contributed by atoms with Gasteiger partial charge < -0.3 is 15.5 Å². The van der Waals surface area contributed by atoms with Crippen LogP contribution in [0.15, 0.2) is 41.8 Å². The van der Waals surface area contributed by atoms with Gasteiger partial charge in [-0.05, 0) is 68.0 Å². The van der Waals surface area contributed by atoms with Crippen molar-refractivity contribution in [3.63, 3.8) is 0 Å². The van der Waals surface area contributed by atoms with Crippen molar-refractivity contribution in [3.8, 4) is 0 Å². The summed E-state index contributed by atoms with van der Waals surface area (Å²) in [5, 5.41) is 8.24. The number of nitrogens with zero attached hydrogens (tertiary/aromatic N) is 3. The standard InChI is InChI=1S/C21H23N5OS/c1-14-11-18(28-13-14)21(27)25-17-7-5-16(6-8-17)24-19-12-20(23-15(2)22-19)26-9-3-4-10-26/h5-8,11-13H,3-4,9-10H2,1-2H3,(H,25,27)(H,22,23,24). The van der Waals surface area contributed by atoms with Gasteiger partial charge in [-0.2, -0.15) is 0 Å². The summed E-state index contributed by atoms with van der Waals surface area (Å²) in [7, 11) is 0. The molecule has 1 aromatic carbocycles. The van der Waals surface area contributed by atoms with Crippen LogP contribution in [0.1, 0.15) is 33.9 Å². The highest BCUT2D eigenvalue weighted by atomic mass is 32.1. The van der Waals surface area contributed by atoms with Crippen molar-refractivity contribution in [2.75, 3.05) is 28.6 Å². The average Bonchev–Trinajstić information content (AvgIpc) is 3.35. The maximum absolute atomic E-state index is 12.3. The minimum absolute atomic E-state index is 0.0829. The lowest BCUT2D eigenvalue weighted by Crippen LogP contribution is -2.19. The van der Waals surface area contributed by atoms with Crippen LogP contribution in [-0.2, 0) is 0 Å². The first kappa shape index (κ1) is 18.4. The molecule has 0 unspecified atom stereocenters. The number of carbonyl (C=O) groups is 1. The molecule has 6 nitrogen and oxygen atoms in total. The van der Waals surface area contributed by atoms with E-state index in [0.29, 0.717) is 4.88 Å². The van der Waals surface area contributed by atoms with Crippen molar-refractivity contribution >= 4 is 40.3 Å². The van der Waals surface area contributed by atoms with Crippen molar-refractivity contribution in [2.45, 2.75) is 26.7 Å². The van der Waals surface area contributed by atoms with Gasteiger partial charge in [-0.3, -0.25) is 4.79 Å². The van der Waals surface area contributed by atoms with Gasteiger partial charge in [0.15, 0.2) is 0 Å². The van der Waals surface area contributed by atoms with Crippen molar-refractivity contribution in [1.82, 2.24) is 9.97 Å². The van der Waals surface area contributed by atoms with Gasteiger partial charge in [-0.15, -0.1) is 11.3 Å². The molecule has 0 atom stereocenters. The zero-order valence-electron chi connectivity index (χ0n) is 16.0. The third-order valence-corrected chi connectivity index (χ3v) is 5.67. The molecule has 2 aromatic heterocycles. The Morgan fingerprint density at radius 3 is 2.43 bits per heavy atom. The van der Waals surface area contributed by atoms with E-state index in [1.54, 1.807) is 0 Å². The second kappa shape index (κ2) is 7.98. The number of rotatable bonds is 5. The summed E-state index contributed by atoms with van der Waals surface area (Å²) >= 11 is 1.45. The number of thiophene rings is 1. The van der Waals surface area contributed by atoms with Crippen molar-refractivity contribution < 1.29 is 4.79 Å². The fourth-order valence-corrected chi connectivity index (χ4v) is 4.04. The molecule has 144 valence electrons. The first-order valence-corrected chi connectivity index (χ1v) is 10.3. The van der Waals surface area contributed by atoms with E-state index < -0.39 is 0 Å². The summed E-state index contributed by atoms with van der Waals surface area (Å²) in [6.07, 6.45) is 2.42. The molecule has 0 aliphatic carbocycles. The summed E-state index contributed by atoms with van der Waals surface area (Å²) < 4.78 is 0. The van der Waals surface area contributed by atoms with Crippen molar-refractivity contribution in [2.24, 2.45) is 0 Å². The summed E-state index contributed by atoms with van der Waals surface area (Å²) in [6, 6.07) is 11.5. The van der Waals surface area contributed by atoms with E-state index in [9.17, 15) is 4.79 Å². The Morgan fingerprint density at radius 1 is 1.04 bits per heavy atom. The molecule has 1 amide bonds. The maximum Gasteiger partial charge on any atom is 0.265 e. The summed E-state index contributed by atoms with van der Waals surface area (Å²) in [5.74, 6) is 2.42. The SMILES string of the molecule is Cc1csc(C(=O)Nc2ccc(Nc3cc(N4CCCC4)nc(C)n3)cc2)c1. The second-order valence-corrected chi connectivity index (χ2v) is 7.91. The van der Waals surface area contributed by atoms with Gasteiger partial charge in [0.05, 0.1) is 4.88 Å². The van der Waals surface area contributed by atoms with E-state index in [4.69, 9.17) is 0 Å². The Hall–Kier alpha value is -2.93. The molecule has 1 fully saturated rings. The van der Waals surface area contributed by atoms with Crippen LogP contribution < -0.4 is 15.5 Å². The summed E-state index contributed by atoms with van der Waals surface area (Å²) in [5.41, 5.74) is 2.77. The minimum atomic E-state index is -0.0829. The number of anilines is 4. The highest BCUT2D eigenvalue weighted by molar-refractivity contribution is 7.12. The molecule has 3 aromatic rings. The molecule has 1 aliphatic heterocycles. The predicted octanol–water partition coefficient (Wildman–Crippen LogP) is 4.75. The van der Waals surface area contributed by atoms with Gasteiger partial charge in [0, 0.05) is 30.5 Å². The molecule has 0 radical (unpaired) electrons. The number of aryl methyl sites for hydroxylation is 2. The van der Waals surface area contributed by atoms with E-state index in [1.807, 2.05) is 55.6 Å². The van der Waals surface area contributed by atoms with Crippen LogP contribution in [0.2, 0.25) is 0 Å². The number of benzene rings is 1. The van der Waals surface area contributed by atoms with E-state index in [0.717, 1.165) is 47.5 Å². The van der Waals surface area contributed by atoms with Crippen molar-refractivity contribution in [3.05, 3.63) is 58.0 Å². The van der Waals surface area contributed by atoms with Gasteiger partial charge in [0.25, 0.3) is 5.91 Å². The minimum Gasteiger partial charge on any atom is -0.356 e. The van der Waals surface area contributed by atoms with Crippen LogP contribution in [0.3, 0.4) is 0 Å². The maximum atomic E-state index is 12.3. The number of hydrogen-bond donors (Lipinski definition) is 2. The van der Waals surface area contributed by atoms with Crippen LogP contribution >= 0.6 is 11.3 Å². The average molecular weight is 394 g/mol. The predicted molar refractivity (Wildman–Crippen MR) is 115 cm³/mol. The number of carbonyl (C=O) groups excluding carboxylic acids is 1. The van der Waals surface area contributed by atoms with Gasteiger partial charge in [0.2, 0.25) is 0 Å². The Labute approximate surface area is 168 Å². The highest BCUT2D eigenvalue weighted by Gasteiger charge is 2.15. The van der Waals surface area contributed by atoms with Crippen molar-refractivity contribution in [1.29, 1.82) is 0 Å². The molecular formula is C21H23N5OS. The number of amides is 1. The van der Waals surface area contributed by atoms with E-state index in [2.05, 4.69) is 25.5 Å². The molecule has 1 saturated heterocycles. The Bertz CT molecular complexity index is 977. The van der Waals surface area contributed by atoms with Crippen LogP contribution in [0.25, 0.3) is 0 Å². The lowest BCUT2D eigenvalue weighted by molar-refractivity contribution is 0.103. The molecule has 0 bridgehead atoms.